The van der Waals surface area contributed by atoms with E-state index in [0.717, 1.165) is 5.69 Å². The second kappa shape index (κ2) is 7.43. The molecule has 28 heavy (non-hydrogen) atoms. The van der Waals surface area contributed by atoms with E-state index in [-0.39, 0.29) is 17.0 Å². The van der Waals surface area contributed by atoms with Gasteiger partial charge >= 0.3 is 5.97 Å². The number of aromatic nitrogens is 2. The fourth-order valence-electron chi connectivity index (χ4n) is 2.83. The molecule has 0 atom stereocenters. The van der Waals surface area contributed by atoms with Crippen LogP contribution in [0.3, 0.4) is 0 Å². The molecule has 0 spiro atoms. The summed E-state index contributed by atoms with van der Waals surface area (Å²) in [6, 6.07) is 12.1. The number of aryl methyl sites for hydroxylation is 2. The van der Waals surface area contributed by atoms with Crippen molar-refractivity contribution < 1.29 is 15.0 Å². The molecule has 144 valence electrons. The van der Waals surface area contributed by atoms with E-state index in [1.807, 2.05) is 26.1 Å². The summed E-state index contributed by atoms with van der Waals surface area (Å²) in [6.07, 6.45) is 0. The van der Waals surface area contributed by atoms with Gasteiger partial charge in [0.1, 0.15) is 11.5 Å². The van der Waals surface area contributed by atoms with Crippen molar-refractivity contribution in [3.63, 3.8) is 0 Å². The molecule has 6 N–H and O–H groups in total. The number of phenols is 1. The van der Waals surface area contributed by atoms with E-state index in [0.29, 0.717) is 29.1 Å². The number of rotatable bonds is 6. The molecule has 0 aliphatic heterocycles. The number of nitrogens with two attached hydrogens (primary N) is 1. The lowest BCUT2D eigenvalue weighted by molar-refractivity contribution is -0.129. The van der Waals surface area contributed by atoms with Crippen LogP contribution in [0.1, 0.15) is 16.8 Å². The zero-order valence-corrected chi connectivity index (χ0v) is 15.5. The number of phenolic OH excluding ortho intramolecular Hbond substituents is 1. The molecule has 1 heterocycles. The van der Waals surface area contributed by atoms with Crippen molar-refractivity contribution in [1.29, 1.82) is 5.41 Å². The molecule has 3 rings (SSSR count). The second-order valence-corrected chi connectivity index (χ2v) is 6.44. The van der Waals surface area contributed by atoms with Gasteiger partial charge in [-0.3, -0.25) is 10.1 Å². The van der Waals surface area contributed by atoms with Crippen LogP contribution >= 0.6 is 0 Å². The summed E-state index contributed by atoms with van der Waals surface area (Å²) in [5.41, 5.74) is 9.11. The number of benzene rings is 2. The molecule has 0 unspecified atom stereocenters. The van der Waals surface area contributed by atoms with Crippen molar-refractivity contribution in [2.24, 2.45) is 7.05 Å². The first kappa shape index (κ1) is 19.0. The predicted octanol–water partition coefficient (Wildman–Crippen LogP) is 2.75. The van der Waals surface area contributed by atoms with E-state index >= 15 is 0 Å². The molecule has 0 saturated heterocycles. The Kier molecular flexibility index (Phi) is 5.04. The third-order valence-electron chi connectivity index (χ3n) is 4.53. The SMILES string of the molecule is Cc1cc(-c2cccc(CNc3ccc(N)c(C(=N)C(=O)O)c3)c2O)nn1C. The first-order valence-corrected chi connectivity index (χ1v) is 8.55. The number of nitrogens with one attached hydrogen (secondary N) is 2. The van der Waals surface area contributed by atoms with Gasteiger partial charge < -0.3 is 21.3 Å². The van der Waals surface area contributed by atoms with Crippen molar-refractivity contribution in [1.82, 2.24) is 9.78 Å². The standard InChI is InChI=1S/C20H21N5O3/c1-11-8-17(24-25(11)2)14-5-3-4-12(19(14)26)10-23-13-6-7-16(21)15(9-13)18(22)20(27)28/h3-9,22-23,26H,10,21H2,1-2H3,(H,27,28). The van der Waals surface area contributed by atoms with Crippen LogP contribution in [-0.4, -0.2) is 31.7 Å². The Morgan fingerprint density at radius 1 is 1.29 bits per heavy atom. The van der Waals surface area contributed by atoms with Crippen molar-refractivity contribution in [3.8, 4) is 17.0 Å². The highest BCUT2D eigenvalue weighted by Gasteiger charge is 2.15. The third-order valence-corrected chi connectivity index (χ3v) is 4.53. The summed E-state index contributed by atoms with van der Waals surface area (Å²) in [6.45, 7) is 2.24. The molecule has 1 aromatic heterocycles. The Hall–Kier alpha value is -3.81. The van der Waals surface area contributed by atoms with Crippen LogP contribution in [0.4, 0.5) is 11.4 Å². The van der Waals surface area contributed by atoms with Crippen LogP contribution in [0.2, 0.25) is 0 Å². The molecule has 2 aromatic carbocycles. The minimum absolute atomic E-state index is 0.127. The number of carboxylic acid groups (broad SMARTS) is 1. The van der Waals surface area contributed by atoms with Crippen molar-refractivity contribution >= 4 is 23.1 Å². The zero-order chi connectivity index (χ0) is 20.4. The summed E-state index contributed by atoms with van der Waals surface area (Å²) in [5.74, 6) is -1.22. The van der Waals surface area contributed by atoms with Crippen LogP contribution in [0.25, 0.3) is 11.3 Å². The van der Waals surface area contributed by atoms with Gasteiger partial charge in [-0.1, -0.05) is 12.1 Å². The van der Waals surface area contributed by atoms with Gasteiger partial charge in [-0.05, 0) is 37.3 Å². The minimum atomic E-state index is -1.35. The number of aromatic hydroxyl groups is 1. The van der Waals surface area contributed by atoms with E-state index < -0.39 is 11.7 Å². The normalized spacial score (nSPS) is 10.6. The van der Waals surface area contributed by atoms with Gasteiger partial charge in [-0.15, -0.1) is 0 Å². The number of nitrogens with zero attached hydrogens (tertiary/aromatic N) is 2. The van der Waals surface area contributed by atoms with E-state index in [9.17, 15) is 9.90 Å². The quantitative estimate of drug-likeness (QED) is 0.330. The second-order valence-electron chi connectivity index (χ2n) is 6.44. The molecule has 0 fully saturated rings. The van der Waals surface area contributed by atoms with Gasteiger partial charge in [0.25, 0.3) is 0 Å². The van der Waals surface area contributed by atoms with Crippen LogP contribution in [-0.2, 0) is 18.4 Å². The highest BCUT2D eigenvalue weighted by Crippen LogP contribution is 2.32. The number of hydrogen-bond acceptors (Lipinski definition) is 6. The van der Waals surface area contributed by atoms with E-state index in [1.54, 1.807) is 28.9 Å². The van der Waals surface area contributed by atoms with Crippen LogP contribution in [0, 0.1) is 12.3 Å². The molecule has 0 aliphatic carbocycles. The maximum absolute atomic E-state index is 11.0. The number of anilines is 2. The van der Waals surface area contributed by atoms with Gasteiger partial charge in [-0.2, -0.15) is 5.10 Å². The Bertz CT molecular complexity index is 1050. The zero-order valence-electron chi connectivity index (χ0n) is 15.5. The number of para-hydroxylation sites is 1. The number of carbonyl (C=O) groups is 1. The molecule has 0 radical (unpaired) electrons. The lowest BCUT2D eigenvalue weighted by atomic mass is 10.0. The molecule has 8 heteroatoms. The van der Waals surface area contributed by atoms with Crippen LogP contribution in [0.5, 0.6) is 5.75 Å². The average molecular weight is 379 g/mol. The first-order chi connectivity index (χ1) is 13.3. The van der Waals surface area contributed by atoms with Gasteiger partial charge in [0.2, 0.25) is 0 Å². The van der Waals surface area contributed by atoms with E-state index in [2.05, 4.69) is 10.4 Å². The highest BCUT2D eigenvalue weighted by atomic mass is 16.4. The Morgan fingerprint density at radius 2 is 2.04 bits per heavy atom. The van der Waals surface area contributed by atoms with Gasteiger partial charge in [0.05, 0.1) is 5.69 Å². The molecule has 8 nitrogen and oxygen atoms in total. The minimum Gasteiger partial charge on any atom is -0.507 e. The Balaban J connectivity index is 1.84. The molecule has 0 amide bonds. The Labute approximate surface area is 161 Å². The van der Waals surface area contributed by atoms with E-state index in [4.69, 9.17) is 16.2 Å². The fourth-order valence-corrected chi connectivity index (χ4v) is 2.83. The van der Waals surface area contributed by atoms with Crippen molar-refractivity contribution in [2.45, 2.75) is 13.5 Å². The lowest BCUT2D eigenvalue weighted by Gasteiger charge is -2.12. The maximum atomic E-state index is 11.0. The molecule has 0 saturated carbocycles. The topological polar surface area (TPSA) is 137 Å². The first-order valence-electron chi connectivity index (χ1n) is 8.55. The van der Waals surface area contributed by atoms with Gasteiger partial charge in [0.15, 0.2) is 0 Å². The summed E-state index contributed by atoms with van der Waals surface area (Å²) >= 11 is 0. The van der Waals surface area contributed by atoms with Crippen LogP contribution in [0.15, 0.2) is 42.5 Å². The van der Waals surface area contributed by atoms with E-state index in [1.165, 1.54) is 6.07 Å². The van der Waals surface area contributed by atoms with Gasteiger partial charge in [0, 0.05) is 47.4 Å². The number of nitrogen functional groups attached to an aromatic ring is 1. The van der Waals surface area contributed by atoms with Crippen LogP contribution < -0.4 is 11.1 Å². The third kappa shape index (κ3) is 3.66. The molecule has 0 bridgehead atoms. The van der Waals surface area contributed by atoms with Crippen molar-refractivity contribution in [3.05, 3.63) is 59.3 Å². The van der Waals surface area contributed by atoms with Gasteiger partial charge in [-0.25, -0.2) is 4.79 Å². The number of aliphatic carboxylic acids is 1. The number of carboxylic acids is 1. The number of hydrogen-bond donors (Lipinski definition) is 5. The summed E-state index contributed by atoms with van der Waals surface area (Å²) < 4.78 is 1.74. The maximum Gasteiger partial charge on any atom is 0.354 e. The monoisotopic (exact) mass is 379 g/mol. The summed E-state index contributed by atoms with van der Waals surface area (Å²) in [5, 5.41) is 34.8. The highest BCUT2D eigenvalue weighted by molar-refractivity contribution is 6.42. The predicted molar refractivity (Wildman–Crippen MR) is 108 cm³/mol. The summed E-state index contributed by atoms with van der Waals surface area (Å²) in [7, 11) is 1.84. The summed E-state index contributed by atoms with van der Waals surface area (Å²) in [4.78, 5) is 11.0. The lowest BCUT2D eigenvalue weighted by Crippen LogP contribution is -2.15. The molecular weight excluding hydrogens is 358 g/mol. The molecule has 0 aliphatic rings. The fraction of sp³-hybridized carbons (Fsp3) is 0.150. The molecular formula is C20H21N5O3. The molecule has 3 aromatic rings. The largest absolute Gasteiger partial charge is 0.507 e. The Morgan fingerprint density at radius 3 is 2.68 bits per heavy atom. The smallest absolute Gasteiger partial charge is 0.354 e. The average Bonchev–Trinajstić information content (AvgIpc) is 2.99. The van der Waals surface area contributed by atoms with Crippen molar-refractivity contribution in [2.75, 3.05) is 11.1 Å².